The van der Waals surface area contributed by atoms with E-state index in [-0.39, 0.29) is 11.6 Å². The molecule has 4 N–H and O–H groups in total. The molecule has 0 aliphatic carbocycles. The topological polar surface area (TPSA) is 101 Å². The van der Waals surface area contributed by atoms with Crippen molar-refractivity contribution in [3.8, 4) is 0 Å². The van der Waals surface area contributed by atoms with Crippen molar-refractivity contribution < 1.29 is 8.42 Å². The Balaban J connectivity index is 2.35. The molecule has 0 aliphatic rings. The molecule has 0 atom stereocenters. The second kappa shape index (κ2) is 5.20. The van der Waals surface area contributed by atoms with Crippen LogP contribution in [0.1, 0.15) is 11.3 Å². The largest absolute Gasteiger partial charge is 0.326 e. The van der Waals surface area contributed by atoms with Gasteiger partial charge < -0.3 is 5.73 Å². The van der Waals surface area contributed by atoms with E-state index in [2.05, 4.69) is 14.9 Å². The normalized spacial score (nSPS) is 11.5. The van der Waals surface area contributed by atoms with E-state index in [0.717, 1.165) is 0 Å². The molecule has 0 amide bonds. The summed E-state index contributed by atoms with van der Waals surface area (Å²) in [7, 11) is -3.76. The molecule has 2 aromatic rings. The highest BCUT2D eigenvalue weighted by atomic mass is 35.5. The molecular formula is C11H13ClN4O2S. The minimum atomic E-state index is -3.76. The van der Waals surface area contributed by atoms with Gasteiger partial charge >= 0.3 is 0 Å². The van der Waals surface area contributed by atoms with E-state index in [9.17, 15) is 8.42 Å². The zero-order chi connectivity index (χ0) is 14.0. The van der Waals surface area contributed by atoms with Gasteiger partial charge in [-0.2, -0.15) is 13.5 Å². The van der Waals surface area contributed by atoms with Crippen LogP contribution in [0.4, 0.5) is 5.69 Å². The van der Waals surface area contributed by atoms with Gasteiger partial charge in [-0.25, -0.2) is 0 Å². The molecule has 0 bridgehead atoms. The second-order valence-corrected chi connectivity index (χ2v) is 5.98. The fourth-order valence-electron chi connectivity index (χ4n) is 1.61. The van der Waals surface area contributed by atoms with Crippen molar-refractivity contribution >= 4 is 27.3 Å². The molecule has 6 nitrogen and oxygen atoms in total. The molecule has 1 aromatic heterocycles. The molecule has 1 heterocycles. The number of benzene rings is 1. The maximum Gasteiger partial charge on any atom is 0.281 e. The van der Waals surface area contributed by atoms with Gasteiger partial charge in [0.05, 0.1) is 0 Å². The van der Waals surface area contributed by atoms with Crippen molar-refractivity contribution in [2.24, 2.45) is 5.73 Å². The van der Waals surface area contributed by atoms with Crippen LogP contribution in [-0.2, 0) is 16.6 Å². The predicted octanol–water partition coefficient (Wildman–Crippen LogP) is 1.63. The first-order valence-electron chi connectivity index (χ1n) is 5.46. The second-order valence-electron chi connectivity index (χ2n) is 3.95. The Labute approximate surface area is 116 Å². The number of aromatic amines is 1. The fraction of sp³-hybridized carbons (Fsp3) is 0.182. The van der Waals surface area contributed by atoms with Crippen LogP contribution >= 0.6 is 11.6 Å². The number of nitrogens with zero attached hydrogens (tertiary/aromatic N) is 1. The van der Waals surface area contributed by atoms with Crippen LogP contribution in [0, 0.1) is 6.92 Å². The highest BCUT2D eigenvalue weighted by Crippen LogP contribution is 2.20. The summed E-state index contributed by atoms with van der Waals surface area (Å²) in [6, 6.07) is 6.33. The van der Waals surface area contributed by atoms with Gasteiger partial charge in [0.15, 0.2) is 0 Å². The molecule has 8 heteroatoms. The summed E-state index contributed by atoms with van der Waals surface area (Å²) in [5, 5.41) is 6.86. The number of H-pyrrole nitrogens is 1. The molecule has 19 heavy (non-hydrogen) atoms. The first-order valence-corrected chi connectivity index (χ1v) is 7.32. The van der Waals surface area contributed by atoms with Crippen LogP contribution in [0.15, 0.2) is 29.3 Å². The molecule has 0 spiro atoms. The Hall–Kier alpha value is -1.57. The highest BCUT2D eigenvalue weighted by molar-refractivity contribution is 7.92. The van der Waals surface area contributed by atoms with Gasteiger partial charge in [-0.1, -0.05) is 11.6 Å². The van der Waals surface area contributed by atoms with Crippen LogP contribution in [-0.4, -0.2) is 18.6 Å². The lowest BCUT2D eigenvalue weighted by molar-refractivity contribution is 0.596. The van der Waals surface area contributed by atoms with Gasteiger partial charge in [-0.05, 0) is 31.2 Å². The summed E-state index contributed by atoms with van der Waals surface area (Å²) in [5.74, 6) is 0. The molecule has 2 rings (SSSR count). The van der Waals surface area contributed by atoms with Gasteiger partial charge in [0, 0.05) is 28.5 Å². The third kappa shape index (κ3) is 2.89. The summed E-state index contributed by atoms with van der Waals surface area (Å²) in [4.78, 5) is 0. The monoisotopic (exact) mass is 300 g/mol. The molecular weight excluding hydrogens is 288 g/mol. The molecule has 0 saturated carbocycles. The van der Waals surface area contributed by atoms with Gasteiger partial charge in [-0.15, -0.1) is 0 Å². The maximum absolute atomic E-state index is 12.2. The van der Waals surface area contributed by atoms with Crippen molar-refractivity contribution in [1.29, 1.82) is 0 Å². The summed E-state index contributed by atoms with van der Waals surface area (Å²) >= 11 is 5.74. The van der Waals surface area contributed by atoms with Crippen LogP contribution in [0.2, 0.25) is 5.02 Å². The number of anilines is 1. The number of hydrogen-bond acceptors (Lipinski definition) is 4. The van der Waals surface area contributed by atoms with E-state index >= 15 is 0 Å². The van der Waals surface area contributed by atoms with E-state index in [4.69, 9.17) is 17.3 Å². The number of aryl methyl sites for hydroxylation is 1. The molecule has 0 fully saturated rings. The quantitative estimate of drug-likeness (QED) is 0.799. The number of hydrogen-bond donors (Lipinski definition) is 3. The number of rotatable bonds is 4. The summed E-state index contributed by atoms with van der Waals surface area (Å²) < 4.78 is 26.8. The Morgan fingerprint density at radius 1 is 1.37 bits per heavy atom. The number of halogens is 1. The lowest BCUT2D eigenvalue weighted by atomic mass is 10.3. The van der Waals surface area contributed by atoms with Gasteiger partial charge in [0.25, 0.3) is 10.0 Å². The first-order chi connectivity index (χ1) is 8.94. The lowest BCUT2D eigenvalue weighted by Gasteiger charge is -2.07. The number of nitrogens with two attached hydrogens (primary N) is 1. The summed E-state index contributed by atoms with van der Waals surface area (Å²) in [6.07, 6.45) is 0. The smallest absolute Gasteiger partial charge is 0.281 e. The van der Waals surface area contributed by atoms with E-state index in [0.29, 0.717) is 22.0 Å². The van der Waals surface area contributed by atoms with Crippen molar-refractivity contribution in [2.45, 2.75) is 18.5 Å². The first kappa shape index (κ1) is 13.9. The SMILES string of the molecule is Cc1[nH]nc(S(=O)(=O)Nc2ccc(Cl)cc2)c1CN. The van der Waals surface area contributed by atoms with E-state index in [1.807, 2.05) is 0 Å². The molecule has 0 aliphatic heterocycles. The molecule has 1 aromatic carbocycles. The van der Waals surface area contributed by atoms with Gasteiger partial charge in [0.2, 0.25) is 5.03 Å². The molecule has 0 radical (unpaired) electrons. The third-order valence-electron chi connectivity index (χ3n) is 2.59. The third-order valence-corrected chi connectivity index (χ3v) is 4.19. The van der Waals surface area contributed by atoms with Crippen LogP contribution in [0.5, 0.6) is 0 Å². The van der Waals surface area contributed by atoms with Crippen LogP contribution < -0.4 is 10.5 Å². The van der Waals surface area contributed by atoms with Crippen LogP contribution in [0.3, 0.4) is 0 Å². The van der Waals surface area contributed by atoms with Crippen molar-refractivity contribution in [2.75, 3.05) is 4.72 Å². The van der Waals surface area contributed by atoms with Crippen LogP contribution in [0.25, 0.3) is 0 Å². The maximum atomic E-state index is 12.2. The Bertz CT molecular complexity index is 679. The predicted molar refractivity (Wildman–Crippen MR) is 73.5 cm³/mol. The number of sulfonamides is 1. The van der Waals surface area contributed by atoms with Crippen molar-refractivity contribution in [3.63, 3.8) is 0 Å². The fourth-order valence-corrected chi connectivity index (χ4v) is 3.01. The number of aromatic nitrogens is 2. The molecule has 102 valence electrons. The van der Waals surface area contributed by atoms with Crippen molar-refractivity contribution in [3.05, 3.63) is 40.5 Å². The summed E-state index contributed by atoms with van der Waals surface area (Å²) in [6.45, 7) is 1.82. The van der Waals surface area contributed by atoms with E-state index < -0.39 is 10.0 Å². The highest BCUT2D eigenvalue weighted by Gasteiger charge is 2.23. The Morgan fingerprint density at radius 3 is 2.58 bits per heavy atom. The average molecular weight is 301 g/mol. The minimum absolute atomic E-state index is 0.0811. The zero-order valence-corrected chi connectivity index (χ0v) is 11.7. The zero-order valence-electron chi connectivity index (χ0n) is 10.1. The van der Waals surface area contributed by atoms with Gasteiger partial charge in [-0.3, -0.25) is 9.82 Å². The van der Waals surface area contributed by atoms with E-state index in [1.54, 1.807) is 31.2 Å². The van der Waals surface area contributed by atoms with Gasteiger partial charge in [0.1, 0.15) is 0 Å². The standard InChI is InChI=1S/C11H13ClN4O2S/c1-7-10(6-13)11(15-14-7)19(17,18)16-9-4-2-8(12)3-5-9/h2-5,16H,6,13H2,1H3,(H,14,15). The number of nitrogens with one attached hydrogen (secondary N) is 2. The Kier molecular flexibility index (Phi) is 3.79. The minimum Gasteiger partial charge on any atom is -0.326 e. The molecule has 0 unspecified atom stereocenters. The summed E-state index contributed by atoms with van der Waals surface area (Å²) in [5.41, 5.74) is 7.06. The average Bonchev–Trinajstić information content (AvgIpc) is 2.74. The van der Waals surface area contributed by atoms with E-state index in [1.165, 1.54) is 0 Å². The lowest BCUT2D eigenvalue weighted by Crippen LogP contribution is -2.16. The molecule has 0 saturated heterocycles. The van der Waals surface area contributed by atoms with Crippen molar-refractivity contribution in [1.82, 2.24) is 10.2 Å². The Morgan fingerprint density at radius 2 is 2.00 bits per heavy atom.